The van der Waals surface area contributed by atoms with Crippen LogP contribution >= 0.6 is 0 Å². The van der Waals surface area contributed by atoms with Crippen molar-refractivity contribution in [2.45, 2.75) is 0 Å². The maximum atomic E-state index is 6.50. The van der Waals surface area contributed by atoms with E-state index in [0.717, 1.165) is 0 Å². The van der Waals surface area contributed by atoms with Gasteiger partial charge in [-0.05, 0) is 0 Å². The summed E-state index contributed by atoms with van der Waals surface area (Å²) in [5.74, 6) is 7.00. The molecule has 0 unspecified atom stereocenters. The Morgan fingerprint density at radius 1 is 0.714 bits per heavy atom. The van der Waals surface area contributed by atoms with Crippen molar-refractivity contribution in [1.29, 1.82) is 0 Å². The molecule has 50 valence electrons. The van der Waals surface area contributed by atoms with Gasteiger partial charge in [-0.2, -0.15) is 0 Å². The van der Waals surface area contributed by atoms with E-state index < -0.39 is 0 Å². The van der Waals surface area contributed by atoms with Gasteiger partial charge in [-0.25, -0.2) is 11.8 Å². The van der Waals surface area contributed by atoms with E-state index in [4.69, 9.17) is 10.4 Å². The molecule has 0 atom stereocenters. The van der Waals surface area contributed by atoms with Crippen LogP contribution in [0.15, 0.2) is 0 Å². The Bertz CT molecular complexity index is 13.7. The number of rotatable bonds is 0. The first kappa shape index (κ1) is 37.3. The largest absolute Gasteiger partial charge is 1.00 e. The van der Waals surface area contributed by atoms with Crippen molar-refractivity contribution in [2.24, 2.45) is 11.8 Å². The van der Waals surface area contributed by atoms with Crippen molar-refractivity contribution < 1.29 is 75.6 Å². The molecular formula is H6Cl2N2O2Sm-2. The fraction of sp³-hybridized carbons (Fsp3) is 0. The maximum Gasteiger partial charge on any atom is 0 e. The molecule has 0 aliphatic carbocycles. The van der Waals surface area contributed by atoms with Crippen molar-refractivity contribution >= 4 is 0 Å². The minimum atomic E-state index is 0. The van der Waals surface area contributed by atoms with E-state index in [-0.39, 0.29) is 65.2 Å². The average molecular weight is 287 g/mol. The summed E-state index contributed by atoms with van der Waals surface area (Å²) in [6.07, 6.45) is 0. The van der Waals surface area contributed by atoms with Crippen LogP contribution in [0, 0.1) is 40.4 Å². The first-order valence-electron chi connectivity index (χ1n) is 0.516. The predicted octanol–water partition coefficient (Wildman–Crippen LogP) is -7.32. The molecule has 0 saturated heterocycles. The molecule has 0 aliphatic heterocycles. The van der Waals surface area contributed by atoms with E-state index in [9.17, 15) is 0 Å². The molecule has 6 N–H and O–H groups in total. The van der Waals surface area contributed by atoms with Gasteiger partial charge in [0.05, 0.1) is 0 Å². The van der Waals surface area contributed by atoms with Crippen LogP contribution in [0.1, 0.15) is 0 Å². The molecule has 0 aromatic heterocycles. The number of halogens is 2. The molecule has 0 radical (unpaired) electrons. The monoisotopic (exact) mass is 288 g/mol. The third-order valence-corrected chi connectivity index (χ3v) is 0. The molecule has 0 aromatic rings. The molecule has 0 heterocycles. The van der Waals surface area contributed by atoms with Gasteiger partial charge in [0.15, 0.2) is 0 Å². The summed E-state index contributed by atoms with van der Waals surface area (Å²) >= 11 is 0. The van der Waals surface area contributed by atoms with Gasteiger partial charge < -0.3 is 35.2 Å². The van der Waals surface area contributed by atoms with E-state index in [0.29, 0.717) is 0 Å². The molecule has 0 amide bonds. The third kappa shape index (κ3) is 83.2. The quantitative estimate of drug-likeness (QED) is 0.333. The van der Waals surface area contributed by atoms with E-state index in [1.54, 1.807) is 0 Å². The summed E-state index contributed by atoms with van der Waals surface area (Å²) in [6.45, 7) is 0. The molecule has 0 spiro atoms. The fourth-order valence-electron chi connectivity index (χ4n) is 0. The first-order chi connectivity index (χ1) is 2.00. The predicted molar refractivity (Wildman–Crippen MR) is 11.9 cm³/mol. The Balaban J connectivity index is -0.00000000267. The van der Waals surface area contributed by atoms with E-state index >= 15 is 0 Å². The molecular weight excluding hydrogens is 281 g/mol. The van der Waals surface area contributed by atoms with Gasteiger partial charge >= 0.3 is 0 Å². The maximum absolute atomic E-state index is 6.50. The van der Waals surface area contributed by atoms with E-state index in [1.165, 1.54) is 0 Å². The van der Waals surface area contributed by atoms with Crippen LogP contribution in [0.2, 0.25) is 0 Å². The second kappa shape index (κ2) is 115. The Labute approximate surface area is 86.5 Å². The Kier molecular flexibility index (Phi) is 611. The second-order valence-corrected chi connectivity index (χ2v) is 0. The summed E-state index contributed by atoms with van der Waals surface area (Å²) < 4.78 is 0. The van der Waals surface area contributed by atoms with Crippen LogP contribution in [0.4, 0.5) is 0 Å². The molecule has 0 rings (SSSR count). The number of hydrogen-bond donors (Lipinski definition) is 4. The first-order valence-corrected chi connectivity index (χ1v) is 0.516. The molecule has 0 saturated carbocycles. The number of nitrogens with two attached hydrogens (primary N) is 2. The smallest absolute Gasteiger partial charge is 0 e. The minimum absolute atomic E-state index is 0. The normalized spacial score (nSPS) is 1.71. The molecule has 4 nitrogen and oxygen atoms in total. The molecule has 7 heavy (non-hydrogen) atoms. The SMILES string of the molecule is NO.NO.[Cl-].[Cl-].[Sm]. The van der Waals surface area contributed by atoms with Gasteiger partial charge in [-0.15, -0.1) is 0 Å². The van der Waals surface area contributed by atoms with Crippen LogP contribution < -0.4 is 36.6 Å². The van der Waals surface area contributed by atoms with Crippen molar-refractivity contribution in [2.75, 3.05) is 0 Å². The summed E-state index contributed by atoms with van der Waals surface area (Å²) in [6, 6.07) is 0. The van der Waals surface area contributed by atoms with Crippen molar-refractivity contribution in [3.63, 3.8) is 0 Å². The fourth-order valence-corrected chi connectivity index (χ4v) is 0. The molecule has 0 fully saturated rings. The molecule has 7 heteroatoms. The zero-order valence-corrected chi connectivity index (χ0v) is 7.34. The van der Waals surface area contributed by atoms with Crippen LogP contribution in [0.5, 0.6) is 0 Å². The van der Waals surface area contributed by atoms with Crippen molar-refractivity contribution in [3.05, 3.63) is 0 Å². The van der Waals surface area contributed by atoms with Crippen LogP contribution in [0.25, 0.3) is 0 Å². The summed E-state index contributed by atoms with van der Waals surface area (Å²) in [5, 5.41) is 13.0. The van der Waals surface area contributed by atoms with Crippen molar-refractivity contribution in [1.82, 2.24) is 0 Å². The zero-order chi connectivity index (χ0) is 4.00. The van der Waals surface area contributed by atoms with Crippen molar-refractivity contribution in [3.8, 4) is 0 Å². The van der Waals surface area contributed by atoms with Crippen LogP contribution in [0.3, 0.4) is 0 Å². The Morgan fingerprint density at radius 3 is 0.714 bits per heavy atom. The second-order valence-electron chi connectivity index (χ2n) is 0. The minimum Gasteiger partial charge on any atom is -1.00 e. The topological polar surface area (TPSA) is 92.5 Å². The molecule has 0 aliphatic rings. The van der Waals surface area contributed by atoms with Gasteiger partial charge in [0.2, 0.25) is 0 Å². The number of hydrogen-bond acceptors (Lipinski definition) is 4. The zero-order valence-electron chi connectivity index (χ0n) is 3.21. The summed E-state index contributed by atoms with van der Waals surface area (Å²) in [7, 11) is 0. The van der Waals surface area contributed by atoms with Crippen LogP contribution in [-0.2, 0) is 0 Å². The Morgan fingerprint density at radius 2 is 0.714 bits per heavy atom. The molecule has 0 bridgehead atoms. The van der Waals surface area contributed by atoms with Crippen LogP contribution in [-0.4, -0.2) is 10.4 Å². The average Bonchev–Trinajstić information content (AvgIpc) is 1.50. The molecule has 0 aromatic carbocycles. The van der Waals surface area contributed by atoms with Gasteiger partial charge in [-0.3, -0.25) is 0 Å². The van der Waals surface area contributed by atoms with Gasteiger partial charge in [-0.1, -0.05) is 0 Å². The van der Waals surface area contributed by atoms with E-state index in [1.807, 2.05) is 0 Å². The summed E-state index contributed by atoms with van der Waals surface area (Å²) in [5.41, 5.74) is 0. The third-order valence-electron chi connectivity index (χ3n) is 0. The van der Waals surface area contributed by atoms with Gasteiger partial charge in [0.25, 0.3) is 0 Å². The van der Waals surface area contributed by atoms with E-state index in [2.05, 4.69) is 11.8 Å². The Hall–Kier alpha value is 1.76. The van der Waals surface area contributed by atoms with Gasteiger partial charge in [0, 0.05) is 40.4 Å². The van der Waals surface area contributed by atoms with Gasteiger partial charge in [0.1, 0.15) is 0 Å². The summed E-state index contributed by atoms with van der Waals surface area (Å²) in [4.78, 5) is 0. The standard InChI is InChI=1S/2ClH.2H3NO.Sm/c;;2*1-2;/h2*1H;2*2H,1H2;/p-2.